The van der Waals surface area contributed by atoms with Gasteiger partial charge in [0.15, 0.2) is 11.7 Å². The average Bonchev–Trinajstić information content (AvgIpc) is 2.93. The molecular weight excluding hydrogens is 210 g/mol. The molecule has 0 radical (unpaired) electrons. The van der Waals surface area contributed by atoms with E-state index in [1.54, 1.807) is 11.8 Å². The van der Waals surface area contributed by atoms with Crippen molar-refractivity contribution in [3.05, 3.63) is 12.2 Å². The minimum Gasteiger partial charge on any atom is -0.342 e. The van der Waals surface area contributed by atoms with E-state index in [2.05, 4.69) is 12.2 Å². The van der Waals surface area contributed by atoms with E-state index in [0.717, 1.165) is 25.7 Å². The molecule has 0 saturated carbocycles. The molecule has 4 unspecified atom stereocenters. The highest BCUT2D eigenvalue weighted by Crippen LogP contribution is 2.33. The van der Waals surface area contributed by atoms with Crippen LogP contribution in [0.3, 0.4) is 0 Å². The zero-order valence-corrected chi connectivity index (χ0v) is 9.91. The van der Waals surface area contributed by atoms with Gasteiger partial charge in [0.25, 0.3) is 0 Å². The summed E-state index contributed by atoms with van der Waals surface area (Å²) < 4.78 is 11.2. The summed E-state index contributed by atoms with van der Waals surface area (Å²) >= 11 is 1.71. The fraction of sp³-hybridized carbons (Fsp3) is 0.818. The lowest BCUT2D eigenvalue weighted by atomic mass is 10.0. The van der Waals surface area contributed by atoms with Crippen LogP contribution >= 0.6 is 11.8 Å². The van der Waals surface area contributed by atoms with Gasteiger partial charge >= 0.3 is 0 Å². The second-order valence-electron chi connectivity index (χ2n) is 4.14. The van der Waals surface area contributed by atoms with E-state index in [1.807, 2.05) is 6.26 Å². The lowest BCUT2D eigenvalue weighted by Crippen LogP contribution is -2.22. The summed E-state index contributed by atoms with van der Waals surface area (Å²) in [6.07, 6.45) is 10.8. The van der Waals surface area contributed by atoms with Gasteiger partial charge in [-0.3, -0.25) is 0 Å². The topological polar surface area (TPSA) is 47.8 Å². The molecule has 1 aliphatic heterocycles. The first-order valence-electron chi connectivity index (χ1n) is 5.55. The molecule has 4 heteroatoms. The lowest BCUT2D eigenvalue weighted by molar-refractivity contribution is 0.00751. The summed E-state index contributed by atoms with van der Waals surface area (Å²) in [6, 6.07) is 0.332. The van der Waals surface area contributed by atoms with Gasteiger partial charge in [-0.05, 0) is 31.9 Å². The summed E-state index contributed by atoms with van der Waals surface area (Å²) in [5.41, 5.74) is 6.14. The number of thioether (sulfide) groups is 1. The monoisotopic (exact) mass is 229 g/mol. The van der Waals surface area contributed by atoms with E-state index >= 15 is 0 Å². The van der Waals surface area contributed by atoms with Crippen molar-refractivity contribution >= 4 is 11.8 Å². The number of epoxide rings is 1. The molecule has 3 nitrogen and oxygen atoms in total. The van der Waals surface area contributed by atoms with Gasteiger partial charge in [0, 0.05) is 6.04 Å². The van der Waals surface area contributed by atoms with Crippen molar-refractivity contribution in [3.63, 3.8) is 0 Å². The molecule has 15 heavy (non-hydrogen) atoms. The predicted octanol–water partition coefficient (Wildman–Crippen LogP) is 1.87. The molecule has 0 amide bonds. The average molecular weight is 229 g/mol. The van der Waals surface area contributed by atoms with Crippen molar-refractivity contribution in [3.8, 4) is 0 Å². The molecule has 2 aliphatic rings. The van der Waals surface area contributed by atoms with Gasteiger partial charge in [0.05, 0.1) is 6.10 Å². The number of nitrogens with two attached hydrogens (primary N) is 1. The highest BCUT2D eigenvalue weighted by Gasteiger charge is 2.40. The molecule has 2 rings (SSSR count). The molecule has 1 saturated heterocycles. The van der Waals surface area contributed by atoms with Crippen molar-refractivity contribution in [2.75, 3.05) is 6.26 Å². The molecule has 2 N–H and O–H groups in total. The van der Waals surface area contributed by atoms with Crippen LogP contribution < -0.4 is 5.73 Å². The Kier molecular flexibility index (Phi) is 4.08. The van der Waals surface area contributed by atoms with Crippen molar-refractivity contribution in [2.24, 2.45) is 5.73 Å². The minimum absolute atomic E-state index is 0.0164. The largest absolute Gasteiger partial charge is 0.342 e. The molecule has 4 atom stereocenters. The summed E-state index contributed by atoms with van der Waals surface area (Å²) in [7, 11) is 0. The summed E-state index contributed by atoms with van der Waals surface area (Å²) in [5.74, 6) is 0. The molecule has 0 spiro atoms. The Morgan fingerprint density at radius 3 is 3.07 bits per heavy atom. The predicted molar refractivity (Wildman–Crippen MR) is 62.6 cm³/mol. The van der Waals surface area contributed by atoms with Gasteiger partial charge in [0.1, 0.15) is 0 Å². The highest BCUT2D eigenvalue weighted by atomic mass is 32.2. The summed E-state index contributed by atoms with van der Waals surface area (Å²) in [5, 5.41) is 0. The minimum atomic E-state index is 0.0164. The first-order valence-corrected chi connectivity index (χ1v) is 6.84. The Balaban J connectivity index is 1.77. The smallest absolute Gasteiger partial charge is 0.195 e. The number of hydrogen-bond donors (Lipinski definition) is 1. The van der Waals surface area contributed by atoms with Crippen LogP contribution in [0.15, 0.2) is 12.2 Å². The fourth-order valence-corrected chi connectivity index (χ4v) is 2.34. The lowest BCUT2D eigenvalue weighted by Gasteiger charge is -2.17. The van der Waals surface area contributed by atoms with Crippen LogP contribution in [0, 0.1) is 0 Å². The molecule has 1 aliphatic carbocycles. The van der Waals surface area contributed by atoms with Crippen molar-refractivity contribution in [1.29, 1.82) is 0 Å². The normalized spacial score (nSPS) is 43.1. The Hall–Kier alpha value is -0.0300. The first-order chi connectivity index (χ1) is 7.29. The maximum atomic E-state index is 5.89. The van der Waals surface area contributed by atoms with Gasteiger partial charge in [-0.15, -0.1) is 11.8 Å². The molecular formula is C11H19NO2S. The van der Waals surface area contributed by atoms with E-state index in [-0.39, 0.29) is 17.8 Å². The number of hydrogen-bond acceptors (Lipinski definition) is 4. The van der Waals surface area contributed by atoms with Crippen LogP contribution in [-0.2, 0) is 9.47 Å². The molecule has 0 bridgehead atoms. The van der Waals surface area contributed by atoms with Crippen LogP contribution in [-0.4, -0.2) is 30.1 Å². The van der Waals surface area contributed by atoms with Gasteiger partial charge in [-0.25, -0.2) is 0 Å². The Labute approximate surface area is 95.4 Å². The molecule has 1 heterocycles. The zero-order chi connectivity index (χ0) is 10.7. The fourth-order valence-electron chi connectivity index (χ4n) is 1.84. The van der Waals surface area contributed by atoms with Crippen molar-refractivity contribution < 1.29 is 9.47 Å². The van der Waals surface area contributed by atoms with Gasteiger partial charge < -0.3 is 15.2 Å². The highest BCUT2D eigenvalue weighted by molar-refractivity contribution is 7.99. The SMILES string of the molecule is CSC1OC1OC1/C=C/CC(N)CCC1. The molecule has 86 valence electrons. The van der Waals surface area contributed by atoms with Crippen LogP contribution in [0.5, 0.6) is 0 Å². The first kappa shape index (κ1) is 11.5. The Bertz CT molecular complexity index is 235. The third-order valence-corrected chi connectivity index (χ3v) is 3.61. The van der Waals surface area contributed by atoms with Gasteiger partial charge in [0.2, 0.25) is 0 Å². The van der Waals surface area contributed by atoms with Gasteiger partial charge in [-0.2, -0.15) is 0 Å². The maximum absolute atomic E-state index is 5.89. The maximum Gasteiger partial charge on any atom is 0.195 e. The Morgan fingerprint density at radius 1 is 1.47 bits per heavy atom. The summed E-state index contributed by atoms with van der Waals surface area (Å²) in [6.45, 7) is 0. The molecule has 0 aromatic rings. The van der Waals surface area contributed by atoms with Crippen molar-refractivity contribution in [2.45, 2.75) is 49.6 Å². The van der Waals surface area contributed by atoms with Crippen LogP contribution in [0.2, 0.25) is 0 Å². The van der Waals surface area contributed by atoms with E-state index in [1.165, 1.54) is 0 Å². The quantitative estimate of drug-likeness (QED) is 0.593. The van der Waals surface area contributed by atoms with E-state index in [0.29, 0.717) is 6.04 Å². The number of rotatable bonds is 3. The van der Waals surface area contributed by atoms with Crippen molar-refractivity contribution in [1.82, 2.24) is 0 Å². The molecule has 1 fully saturated rings. The molecule has 0 aromatic heterocycles. The summed E-state index contributed by atoms with van der Waals surface area (Å²) in [4.78, 5) is 0. The van der Waals surface area contributed by atoms with E-state index in [4.69, 9.17) is 15.2 Å². The van der Waals surface area contributed by atoms with Crippen LogP contribution in [0.25, 0.3) is 0 Å². The Morgan fingerprint density at radius 2 is 2.33 bits per heavy atom. The third-order valence-electron chi connectivity index (χ3n) is 2.81. The van der Waals surface area contributed by atoms with E-state index < -0.39 is 0 Å². The molecule has 0 aromatic carbocycles. The van der Waals surface area contributed by atoms with Gasteiger partial charge in [-0.1, -0.05) is 12.2 Å². The van der Waals surface area contributed by atoms with E-state index in [9.17, 15) is 0 Å². The standard InChI is InChI=1S/C11H19NO2S/c1-15-11-10(14-11)13-9-6-2-4-8(12)5-3-7-9/h2,6,8-11H,3-5,7,12H2,1H3/b6-2+. The second-order valence-corrected chi connectivity index (χ2v) is 5.07. The zero-order valence-electron chi connectivity index (χ0n) is 9.09. The second kappa shape index (κ2) is 5.34. The number of ether oxygens (including phenoxy) is 2. The third kappa shape index (κ3) is 3.48. The van der Waals surface area contributed by atoms with Crippen LogP contribution in [0.4, 0.5) is 0 Å². The van der Waals surface area contributed by atoms with Crippen LogP contribution in [0.1, 0.15) is 25.7 Å².